The molecule has 2 aliphatic rings. The number of amides is 3. The Morgan fingerprint density at radius 2 is 1.75 bits per heavy atom. The number of carbonyl (C=O) groups is 3. The first-order valence-electron chi connectivity index (χ1n) is 15.3. The Kier molecular flexibility index (Phi) is 8.18. The minimum Gasteiger partial charge on any atom is -0.444 e. The fraction of sp³-hybridized carbons (Fsp3) is 0.424. The number of benzene rings is 2. The molecule has 15 heteroatoms. The van der Waals surface area contributed by atoms with Crippen LogP contribution < -0.4 is 15.1 Å². The van der Waals surface area contributed by atoms with Crippen LogP contribution in [0.5, 0.6) is 0 Å². The third-order valence-corrected chi connectivity index (χ3v) is 9.29. The van der Waals surface area contributed by atoms with Gasteiger partial charge < -0.3 is 24.2 Å². The van der Waals surface area contributed by atoms with Gasteiger partial charge in [0.05, 0.1) is 39.4 Å². The molecule has 254 valence electrons. The number of hydrogen-bond donors (Lipinski definition) is 1. The van der Waals surface area contributed by atoms with Crippen molar-refractivity contribution in [3.8, 4) is 11.1 Å². The van der Waals surface area contributed by atoms with Gasteiger partial charge in [-0.3, -0.25) is 15.1 Å². The first-order valence-corrected chi connectivity index (χ1v) is 16.5. The molecule has 4 aromatic rings. The molecule has 0 unspecified atom stereocenters. The van der Waals surface area contributed by atoms with E-state index in [1.165, 1.54) is 28.1 Å². The predicted molar refractivity (Wildman–Crippen MR) is 182 cm³/mol. The van der Waals surface area contributed by atoms with Gasteiger partial charge in [-0.2, -0.15) is 0 Å². The molecular weight excluding hydrogens is 666 g/mol. The smallest absolute Gasteiger partial charge is 0.413 e. The molecule has 1 N–H and O–H groups in total. The minimum atomic E-state index is -0.768. The predicted octanol–water partition coefficient (Wildman–Crippen LogP) is 7.58. The van der Waals surface area contributed by atoms with Crippen molar-refractivity contribution in [3.63, 3.8) is 0 Å². The highest BCUT2D eigenvalue weighted by Gasteiger charge is 2.45. The number of ether oxygens (including phenoxy) is 2. The quantitative estimate of drug-likeness (QED) is 0.228. The van der Waals surface area contributed by atoms with Gasteiger partial charge in [0, 0.05) is 36.1 Å². The lowest BCUT2D eigenvalue weighted by Gasteiger charge is -2.49. The van der Waals surface area contributed by atoms with Crippen LogP contribution in [0.3, 0.4) is 0 Å². The number of pyridine rings is 1. The van der Waals surface area contributed by atoms with Crippen molar-refractivity contribution in [2.75, 3.05) is 35.3 Å². The van der Waals surface area contributed by atoms with Crippen molar-refractivity contribution in [3.05, 3.63) is 41.1 Å². The molecule has 0 aliphatic carbocycles. The van der Waals surface area contributed by atoms with Crippen molar-refractivity contribution in [2.24, 2.45) is 0 Å². The fourth-order valence-corrected chi connectivity index (χ4v) is 7.18. The van der Waals surface area contributed by atoms with Gasteiger partial charge in [-0.1, -0.05) is 22.9 Å². The van der Waals surface area contributed by atoms with Crippen LogP contribution in [-0.2, 0) is 14.3 Å². The minimum absolute atomic E-state index is 0.00861. The summed E-state index contributed by atoms with van der Waals surface area (Å²) < 4.78 is 42.7. The van der Waals surface area contributed by atoms with Gasteiger partial charge in [-0.05, 0) is 66.7 Å². The zero-order chi connectivity index (χ0) is 35.0. The van der Waals surface area contributed by atoms with E-state index in [2.05, 4.69) is 15.3 Å². The average molecular weight is 701 g/mol. The van der Waals surface area contributed by atoms with Gasteiger partial charge in [-0.25, -0.2) is 23.4 Å². The van der Waals surface area contributed by atoms with Crippen LogP contribution in [0.15, 0.2) is 24.4 Å². The number of nitrogens with one attached hydrogen (secondary N) is 1. The number of rotatable bonds is 2. The van der Waals surface area contributed by atoms with Crippen LogP contribution in [-0.4, -0.2) is 76.4 Å². The number of fused-ring (bicyclic) bond motifs is 6. The maximum atomic E-state index is 16.7. The van der Waals surface area contributed by atoms with E-state index in [4.69, 9.17) is 21.1 Å². The van der Waals surface area contributed by atoms with Crippen LogP contribution in [0.4, 0.5) is 34.9 Å². The van der Waals surface area contributed by atoms with E-state index in [-0.39, 0.29) is 62.1 Å². The Morgan fingerprint density at radius 1 is 1.06 bits per heavy atom. The first kappa shape index (κ1) is 33.6. The van der Waals surface area contributed by atoms with Crippen molar-refractivity contribution in [1.29, 1.82) is 0 Å². The van der Waals surface area contributed by atoms with Crippen molar-refractivity contribution in [1.82, 2.24) is 14.9 Å². The maximum absolute atomic E-state index is 16.7. The Morgan fingerprint density at radius 3 is 2.42 bits per heavy atom. The second kappa shape index (κ2) is 11.7. The highest BCUT2D eigenvalue weighted by molar-refractivity contribution is 7.22. The SMILES string of the molecule is C[C@@H]1CN2c3c(cnc4c(F)c(-c5ccc(F)c6sc(NC(=O)OC(C)(C)C)nc56)c(Cl)cc34)N(C)C(=O)[C@H]2CN1C(=O)OC(C)(C)C. The normalized spacial score (nSPS) is 18.2. The van der Waals surface area contributed by atoms with E-state index in [1.54, 1.807) is 54.7 Å². The number of halogens is 3. The van der Waals surface area contributed by atoms with Crippen LogP contribution in [0.25, 0.3) is 32.2 Å². The third-order valence-electron chi connectivity index (χ3n) is 8.01. The number of piperazine rings is 1. The van der Waals surface area contributed by atoms with Crippen molar-refractivity contribution in [2.45, 2.75) is 71.8 Å². The van der Waals surface area contributed by atoms with E-state index in [0.717, 1.165) is 11.3 Å². The number of thiazole rings is 1. The fourth-order valence-electron chi connectivity index (χ4n) is 6.01. The number of aromatic nitrogens is 2. The second-order valence-corrected chi connectivity index (χ2v) is 15.3. The summed E-state index contributed by atoms with van der Waals surface area (Å²) in [4.78, 5) is 52.7. The Labute approximate surface area is 284 Å². The van der Waals surface area contributed by atoms with Gasteiger partial charge in [-0.15, -0.1) is 0 Å². The van der Waals surface area contributed by atoms with Gasteiger partial charge >= 0.3 is 12.2 Å². The molecule has 3 amide bonds. The summed E-state index contributed by atoms with van der Waals surface area (Å²) in [5.41, 5.74) is -0.227. The van der Waals surface area contributed by atoms with Gasteiger partial charge in [0.15, 0.2) is 10.9 Å². The molecule has 0 bridgehead atoms. The summed E-state index contributed by atoms with van der Waals surface area (Å²) in [6.07, 6.45) is 0.144. The third kappa shape index (κ3) is 5.96. The Hall–Kier alpha value is -4.30. The zero-order valence-electron chi connectivity index (χ0n) is 27.7. The zero-order valence-corrected chi connectivity index (χ0v) is 29.3. The van der Waals surface area contributed by atoms with E-state index < -0.39 is 41.1 Å². The highest BCUT2D eigenvalue weighted by Crippen LogP contribution is 2.47. The lowest BCUT2D eigenvalue weighted by Crippen LogP contribution is -2.66. The standard InChI is InChI=1S/C33H35ClF2N6O5S/c1-15-13-42-21(14-41(15)31(45)47-33(5,6)7)28(43)40(8)20-12-37-24-17(26(20)42)11-18(34)22(23(24)36)16-9-10-19(35)27-25(16)38-29(48-27)39-30(44)46-32(2,3)4/h9-12,15,21H,13-14H2,1-8H3,(H,38,39,44)/t15-,21-/m1/s1. The number of nitrogens with zero attached hydrogens (tertiary/aromatic N) is 5. The van der Waals surface area contributed by atoms with Crippen LogP contribution in [0, 0.1) is 11.6 Å². The molecule has 0 spiro atoms. The molecule has 6 rings (SSSR count). The molecule has 4 heterocycles. The number of likely N-dealkylation sites (N-methyl/N-ethyl adjacent to an activating group) is 1. The molecule has 48 heavy (non-hydrogen) atoms. The van der Waals surface area contributed by atoms with Crippen LogP contribution >= 0.6 is 22.9 Å². The molecule has 1 saturated heterocycles. The van der Waals surface area contributed by atoms with Gasteiger partial charge in [0.1, 0.15) is 28.6 Å². The summed E-state index contributed by atoms with van der Waals surface area (Å²) >= 11 is 7.72. The van der Waals surface area contributed by atoms with E-state index in [1.807, 2.05) is 11.8 Å². The molecule has 2 atom stereocenters. The largest absolute Gasteiger partial charge is 0.444 e. The summed E-state index contributed by atoms with van der Waals surface area (Å²) in [6.45, 7) is 12.6. The topological polar surface area (TPSA) is 117 Å². The number of hydrogen-bond acceptors (Lipinski definition) is 9. The van der Waals surface area contributed by atoms with Crippen LogP contribution in [0.1, 0.15) is 48.5 Å². The van der Waals surface area contributed by atoms with Crippen LogP contribution in [0.2, 0.25) is 5.02 Å². The summed E-state index contributed by atoms with van der Waals surface area (Å²) in [6, 6.07) is 3.03. The maximum Gasteiger partial charge on any atom is 0.413 e. The number of anilines is 3. The van der Waals surface area contributed by atoms with E-state index in [9.17, 15) is 18.8 Å². The molecule has 2 aliphatic heterocycles. The molecular formula is C33H35ClF2N6O5S. The number of carbonyl (C=O) groups excluding carboxylic acids is 3. The molecule has 2 aromatic carbocycles. The van der Waals surface area contributed by atoms with Crippen molar-refractivity contribution < 1.29 is 32.6 Å². The van der Waals surface area contributed by atoms with Gasteiger partial charge in [0.2, 0.25) is 0 Å². The molecule has 0 saturated carbocycles. The highest BCUT2D eigenvalue weighted by atomic mass is 35.5. The average Bonchev–Trinajstić information content (AvgIpc) is 3.38. The van der Waals surface area contributed by atoms with E-state index in [0.29, 0.717) is 16.8 Å². The summed E-state index contributed by atoms with van der Waals surface area (Å²) in [5, 5.41) is 2.95. The summed E-state index contributed by atoms with van der Waals surface area (Å²) in [7, 11) is 1.61. The molecule has 1 fully saturated rings. The first-order chi connectivity index (χ1) is 22.3. The summed E-state index contributed by atoms with van der Waals surface area (Å²) in [5.74, 6) is -1.62. The molecule has 0 radical (unpaired) electrons. The van der Waals surface area contributed by atoms with E-state index >= 15 is 4.39 Å². The molecule has 2 aromatic heterocycles. The second-order valence-electron chi connectivity index (χ2n) is 13.9. The van der Waals surface area contributed by atoms with Gasteiger partial charge in [0.25, 0.3) is 5.91 Å². The monoisotopic (exact) mass is 700 g/mol. The Balaban J connectivity index is 1.44. The van der Waals surface area contributed by atoms with Crippen molar-refractivity contribution >= 4 is 78.7 Å². The Bertz CT molecular complexity index is 2010. The lowest BCUT2D eigenvalue weighted by atomic mass is 9.96. The molecule has 11 nitrogen and oxygen atoms in total. The lowest BCUT2D eigenvalue weighted by molar-refractivity contribution is -0.121.